The molecular formula is C9H6ClFN2. The lowest BCUT2D eigenvalue weighted by atomic mass is 10.2. The number of hydrogen-bond acceptors (Lipinski definition) is 2. The molecule has 0 aliphatic carbocycles. The number of fused-ring (bicyclic) bond motifs is 1. The second-order valence-electron chi connectivity index (χ2n) is 2.73. The van der Waals surface area contributed by atoms with E-state index >= 15 is 0 Å². The quantitative estimate of drug-likeness (QED) is 0.704. The molecule has 1 heterocycles. The van der Waals surface area contributed by atoms with Gasteiger partial charge >= 0.3 is 0 Å². The monoisotopic (exact) mass is 196 g/mol. The Morgan fingerprint density at radius 2 is 2.08 bits per heavy atom. The lowest BCUT2D eigenvalue weighted by Crippen LogP contribution is -1.88. The molecule has 0 amide bonds. The zero-order valence-corrected chi connectivity index (χ0v) is 7.35. The van der Waals surface area contributed by atoms with E-state index in [2.05, 4.69) is 4.98 Å². The van der Waals surface area contributed by atoms with Crippen LogP contribution in [-0.4, -0.2) is 4.98 Å². The van der Waals surface area contributed by atoms with E-state index in [1.807, 2.05) is 0 Å². The number of rotatable bonds is 0. The van der Waals surface area contributed by atoms with Crippen molar-refractivity contribution in [1.29, 1.82) is 0 Å². The van der Waals surface area contributed by atoms with E-state index in [4.69, 9.17) is 17.3 Å². The molecule has 0 saturated heterocycles. The van der Waals surface area contributed by atoms with E-state index in [9.17, 15) is 4.39 Å². The lowest BCUT2D eigenvalue weighted by molar-refractivity contribution is 0.630. The average molecular weight is 197 g/mol. The number of aromatic nitrogens is 1. The van der Waals surface area contributed by atoms with Crippen LogP contribution in [0.5, 0.6) is 0 Å². The van der Waals surface area contributed by atoms with Gasteiger partial charge in [0.2, 0.25) is 0 Å². The Kier molecular flexibility index (Phi) is 1.81. The van der Waals surface area contributed by atoms with Gasteiger partial charge in [-0.05, 0) is 12.1 Å². The molecule has 0 saturated carbocycles. The maximum atomic E-state index is 12.9. The van der Waals surface area contributed by atoms with Gasteiger partial charge in [0.25, 0.3) is 0 Å². The highest BCUT2D eigenvalue weighted by molar-refractivity contribution is 6.31. The summed E-state index contributed by atoms with van der Waals surface area (Å²) in [4.78, 5) is 3.96. The maximum Gasteiger partial charge on any atom is 0.143 e. The Bertz CT molecular complexity index is 470. The molecule has 0 radical (unpaired) electrons. The van der Waals surface area contributed by atoms with Crippen LogP contribution >= 0.6 is 11.6 Å². The minimum absolute atomic E-state index is 0.0832. The predicted molar refractivity (Wildman–Crippen MR) is 51.1 cm³/mol. The van der Waals surface area contributed by atoms with Crippen LogP contribution in [0.15, 0.2) is 24.4 Å². The van der Waals surface area contributed by atoms with E-state index in [-0.39, 0.29) is 5.02 Å². The maximum absolute atomic E-state index is 12.9. The molecule has 0 unspecified atom stereocenters. The highest BCUT2D eigenvalue weighted by Crippen LogP contribution is 2.22. The standard InChI is InChI=1S/C9H6ClFN2/c10-7-2-5-1-6(12)4-13-9(5)3-8(7)11/h1-4H,12H2. The van der Waals surface area contributed by atoms with Crippen molar-refractivity contribution in [3.8, 4) is 0 Å². The second-order valence-corrected chi connectivity index (χ2v) is 3.13. The molecule has 2 rings (SSSR count). The average Bonchev–Trinajstić information content (AvgIpc) is 2.08. The Balaban J connectivity index is 2.81. The Morgan fingerprint density at radius 3 is 2.85 bits per heavy atom. The number of nitrogen functional groups attached to an aromatic ring is 1. The number of nitrogens with two attached hydrogens (primary N) is 1. The number of halogens is 2. The summed E-state index contributed by atoms with van der Waals surface area (Å²) in [6, 6.07) is 4.50. The van der Waals surface area contributed by atoms with Gasteiger partial charge in [-0.3, -0.25) is 4.98 Å². The third-order valence-electron chi connectivity index (χ3n) is 1.74. The summed E-state index contributed by atoms with van der Waals surface area (Å²) in [5, 5.41) is 0.825. The van der Waals surface area contributed by atoms with Gasteiger partial charge in [0, 0.05) is 11.5 Å². The molecule has 4 heteroatoms. The van der Waals surface area contributed by atoms with Gasteiger partial charge < -0.3 is 5.73 Å². The van der Waals surface area contributed by atoms with Crippen molar-refractivity contribution < 1.29 is 4.39 Å². The molecule has 1 aromatic heterocycles. The topological polar surface area (TPSA) is 38.9 Å². The summed E-state index contributed by atoms with van der Waals surface area (Å²) < 4.78 is 12.9. The molecule has 0 bridgehead atoms. The molecule has 2 aromatic rings. The van der Waals surface area contributed by atoms with E-state index < -0.39 is 5.82 Å². The number of pyridine rings is 1. The van der Waals surface area contributed by atoms with Crippen molar-refractivity contribution in [2.75, 3.05) is 5.73 Å². The van der Waals surface area contributed by atoms with Crippen LogP contribution in [-0.2, 0) is 0 Å². The minimum atomic E-state index is -0.466. The molecule has 0 aliphatic heterocycles. The van der Waals surface area contributed by atoms with E-state index in [0.717, 1.165) is 5.39 Å². The van der Waals surface area contributed by atoms with E-state index in [1.165, 1.54) is 18.3 Å². The van der Waals surface area contributed by atoms with Crippen LogP contribution < -0.4 is 5.73 Å². The minimum Gasteiger partial charge on any atom is -0.397 e. The van der Waals surface area contributed by atoms with Crippen molar-refractivity contribution in [3.63, 3.8) is 0 Å². The fourth-order valence-electron chi connectivity index (χ4n) is 1.14. The van der Waals surface area contributed by atoms with E-state index in [1.54, 1.807) is 6.07 Å². The first-order chi connectivity index (χ1) is 6.16. The first-order valence-corrected chi connectivity index (χ1v) is 4.05. The fourth-order valence-corrected chi connectivity index (χ4v) is 1.31. The molecule has 1 aromatic carbocycles. The van der Waals surface area contributed by atoms with Gasteiger partial charge in [0.15, 0.2) is 0 Å². The Hall–Kier alpha value is -1.35. The SMILES string of the molecule is Nc1cnc2cc(F)c(Cl)cc2c1. The summed E-state index contributed by atoms with van der Waals surface area (Å²) in [7, 11) is 0. The van der Waals surface area contributed by atoms with Crippen molar-refractivity contribution in [1.82, 2.24) is 4.98 Å². The molecule has 0 spiro atoms. The Labute approximate surface area is 79.1 Å². The highest BCUT2D eigenvalue weighted by atomic mass is 35.5. The first-order valence-electron chi connectivity index (χ1n) is 3.67. The van der Waals surface area contributed by atoms with E-state index in [0.29, 0.717) is 11.2 Å². The number of hydrogen-bond donors (Lipinski definition) is 1. The predicted octanol–water partition coefficient (Wildman–Crippen LogP) is 2.61. The van der Waals surface area contributed by atoms with Gasteiger partial charge in [0.1, 0.15) is 5.82 Å². The van der Waals surface area contributed by atoms with Crippen LogP contribution in [0.2, 0.25) is 5.02 Å². The van der Waals surface area contributed by atoms with Crippen molar-refractivity contribution >= 4 is 28.2 Å². The zero-order valence-electron chi connectivity index (χ0n) is 6.59. The first kappa shape index (κ1) is 8.26. The largest absolute Gasteiger partial charge is 0.397 e. The lowest BCUT2D eigenvalue weighted by Gasteiger charge is -2.00. The molecule has 0 atom stereocenters. The molecule has 0 fully saturated rings. The number of anilines is 1. The second kappa shape index (κ2) is 2.85. The van der Waals surface area contributed by atoms with Crippen LogP contribution in [0.3, 0.4) is 0 Å². The van der Waals surface area contributed by atoms with Gasteiger partial charge in [-0.15, -0.1) is 0 Å². The van der Waals surface area contributed by atoms with Crippen LogP contribution in [0.1, 0.15) is 0 Å². The summed E-state index contributed by atoms with van der Waals surface area (Å²) >= 11 is 5.60. The number of benzene rings is 1. The molecule has 0 aliphatic rings. The summed E-state index contributed by atoms with van der Waals surface area (Å²) in [6.45, 7) is 0. The van der Waals surface area contributed by atoms with Gasteiger partial charge in [-0.1, -0.05) is 11.6 Å². The van der Waals surface area contributed by atoms with Crippen molar-refractivity contribution in [3.05, 3.63) is 35.2 Å². The third-order valence-corrected chi connectivity index (χ3v) is 2.03. The molecular weight excluding hydrogens is 191 g/mol. The van der Waals surface area contributed by atoms with Crippen LogP contribution in [0, 0.1) is 5.82 Å². The zero-order chi connectivity index (χ0) is 9.42. The molecule has 66 valence electrons. The van der Waals surface area contributed by atoms with Gasteiger partial charge in [-0.25, -0.2) is 4.39 Å². The smallest absolute Gasteiger partial charge is 0.143 e. The third kappa shape index (κ3) is 1.42. The molecule has 2 nitrogen and oxygen atoms in total. The normalized spacial score (nSPS) is 10.6. The summed E-state index contributed by atoms with van der Waals surface area (Å²) in [5.74, 6) is -0.466. The number of nitrogens with zero attached hydrogens (tertiary/aromatic N) is 1. The van der Waals surface area contributed by atoms with Gasteiger partial charge in [0.05, 0.1) is 22.4 Å². The Morgan fingerprint density at radius 1 is 1.31 bits per heavy atom. The van der Waals surface area contributed by atoms with Gasteiger partial charge in [-0.2, -0.15) is 0 Å². The van der Waals surface area contributed by atoms with Crippen molar-refractivity contribution in [2.24, 2.45) is 0 Å². The molecule has 13 heavy (non-hydrogen) atoms. The summed E-state index contributed by atoms with van der Waals surface area (Å²) in [5.41, 5.74) is 6.60. The highest BCUT2D eigenvalue weighted by Gasteiger charge is 2.02. The summed E-state index contributed by atoms with van der Waals surface area (Å²) in [6.07, 6.45) is 1.48. The molecule has 2 N–H and O–H groups in total. The van der Waals surface area contributed by atoms with Crippen LogP contribution in [0.4, 0.5) is 10.1 Å². The fraction of sp³-hybridized carbons (Fsp3) is 0. The van der Waals surface area contributed by atoms with Crippen molar-refractivity contribution in [2.45, 2.75) is 0 Å². The van der Waals surface area contributed by atoms with Crippen LogP contribution in [0.25, 0.3) is 10.9 Å².